The smallest absolute Gasteiger partial charge is 0.265 e. The van der Waals surface area contributed by atoms with E-state index in [2.05, 4.69) is 24.7 Å². The van der Waals surface area contributed by atoms with Gasteiger partial charge in [0.25, 0.3) is 6.43 Å². The molecule has 1 aliphatic heterocycles. The van der Waals surface area contributed by atoms with E-state index < -0.39 is 97.3 Å². The van der Waals surface area contributed by atoms with Crippen molar-refractivity contribution in [1.82, 2.24) is 24.5 Å². The molecule has 0 saturated carbocycles. The maximum Gasteiger partial charge on any atom is 0.265 e. The summed E-state index contributed by atoms with van der Waals surface area (Å²) < 4.78 is 138. The summed E-state index contributed by atoms with van der Waals surface area (Å²) in [6.07, 6.45) is -5.22. The van der Waals surface area contributed by atoms with Crippen LogP contribution in [-0.2, 0) is 6.50 Å². The second-order valence-electron chi connectivity index (χ2n) is 8.53. The second-order valence-corrected chi connectivity index (χ2v) is 8.53. The minimum Gasteiger partial charge on any atom is -0.494 e. The predicted octanol–water partition coefficient (Wildman–Crippen LogP) is 2.73. The van der Waals surface area contributed by atoms with Gasteiger partial charge in [-0.15, -0.1) is 0 Å². The van der Waals surface area contributed by atoms with Gasteiger partial charge in [0, 0.05) is 27.4 Å². The monoisotopic (exact) mass is 555 g/mol. The highest BCUT2D eigenvalue weighted by molar-refractivity contribution is 5.81. The number of rotatable bonds is 7. The van der Waals surface area contributed by atoms with Crippen LogP contribution in [0.5, 0.6) is 5.75 Å². The highest BCUT2D eigenvalue weighted by Crippen LogP contribution is 2.34. The van der Waals surface area contributed by atoms with Gasteiger partial charge in [-0.25, -0.2) is 32.5 Å². The van der Waals surface area contributed by atoms with Crippen LogP contribution in [0.4, 0.5) is 29.1 Å². The molecule has 14 heteroatoms. The van der Waals surface area contributed by atoms with Crippen molar-refractivity contribution in [1.29, 1.82) is 0 Å². The van der Waals surface area contributed by atoms with Gasteiger partial charge >= 0.3 is 0 Å². The molecule has 4 heterocycles. The molecule has 206 valence electrons. The highest BCUT2D eigenvalue weighted by atomic mass is 19.3. The van der Waals surface area contributed by atoms with Crippen molar-refractivity contribution in [2.24, 2.45) is 5.73 Å². The number of piperidine rings is 1. The van der Waals surface area contributed by atoms with Crippen LogP contribution in [0.1, 0.15) is 30.7 Å². The van der Waals surface area contributed by atoms with E-state index in [1.165, 1.54) is 0 Å². The molecule has 3 aromatic heterocycles. The fraction of sp³-hybridized carbons (Fsp3) is 0.360. The number of benzene rings is 1. The number of ether oxygens (including phenoxy) is 1. The third-order valence-corrected chi connectivity index (χ3v) is 6.03. The van der Waals surface area contributed by atoms with Crippen LogP contribution in [0, 0.1) is 11.6 Å². The summed E-state index contributed by atoms with van der Waals surface area (Å²) in [5, 5.41) is 10.3. The number of imidazole rings is 1. The SMILES string of the molecule is [2H]C([2H])([2H])Oc1cc(F)c(-c2cc(C([2H])([2H])n3cnc4c(N)ncnc43)c(N3C([2H])([2H])CCC(N)(C(O)C(F)F)C3([2H])[2H])cn2)cc1F. The Kier molecular flexibility index (Phi) is 4.61. The highest BCUT2D eigenvalue weighted by Gasteiger charge is 2.43. The van der Waals surface area contributed by atoms with E-state index in [4.69, 9.17) is 21.1 Å². The molecule has 1 aliphatic rings. The van der Waals surface area contributed by atoms with Crippen LogP contribution in [0.25, 0.3) is 22.4 Å². The number of halogens is 4. The van der Waals surface area contributed by atoms with Gasteiger partial charge in [-0.2, -0.15) is 0 Å². The van der Waals surface area contributed by atoms with Crippen molar-refractivity contribution in [3.8, 4) is 17.0 Å². The van der Waals surface area contributed by atoms with Gasteiger partial charge in [-0.1, -0.05) is 0 Å². The molecule has 2 unspecified atom stereocenters. The van der Waals surface area contributed by atoms with Crippen molar-refractivity contribution in [3.63, 3.8) is 0 Å². The fourth-order valence-electron chi connectivity index (χ4n) is 3.99. The Hall–Kier alpha value is -4.04. The fourth-order valence-corrected chi connectivity index (χ4v) is 3.99. The summed E-state index contributed by atoms with van der Waals surface area (Å²) in [4.78, 5) is 16.1. The molecule has 0 spiro atoms. The third kappa shape index (κ3) is 4.92. The first-order valence-corrected chi connectivity index (χ1v) is 11.2. The molecule has 0 radical (unpaired) electrons. The Morgan fingerprint density at radius 1 is 1.23 bits per heavy atom. The Morgan fingerprint density at radius 3 is 2.82 bits per heavy atom. The zero-order valence-corrected chi connectivity index (χ0v) is 19.7. The van der Waals surface area contributed by atoms with Gasteiger partial charge in [0.1, 0.15) is 23.8 Å². The van der Waals surface area contributed by atoms with Crippen molar-refractivity contribution in [3.05, 3.63) is 54.2 Å². The van der Waals surface area contributed by atoms with Gasteiger partial charge < -0.3 is 30.8 Å². The predicted molar refractivity (Wildman–Crippen MR) is 135 cm³/mol. The molecule has 1 fully saturated rings. The lowest BCUT2D eigenvalue weighted by atomic mass is 9.84. The number of nitrogens with two attached hydrogens (primary N) is 2. The van der Waals surface area contributed by atoms with Crippen LogP contribution in [0.15, 0.2) is 37.1 Å². The number of nitrogen functional groups attached to an aromatic ring is 1. The summed E-state index contributed by atoms with van der Waals surface area (Å²) in [6.45, 7) is -9.10. The Balaban J connectivity index is 1.79. The first-order valence-electron chi connectivity index (χ1n) is 15.7. The lowest BCUT2D eigenvalue weighted by Gasteiger charge is -2.44. The third-order valence-electron chi connectivity index (χ3n) is 6.03. The molecule has 2 atom stereocenters. The maximum absolute atomic E-state index is 15.4. The number of alkyl halides is 2. The minimum atomic E-state index is -3.56. The number of aliphatic hydroxyl groups excluding tert-OH is 1. The number of aliphatic hydroxyl groups is 1. The molecule has 10 nitrogen and oxygen atoms in total. The lowest BCUT2D eigenvalue weighted by Crippen LogP contribution is -2.63. The van der Waals surface area contributed by atoms with Gasteiger partial charge in [-0.05, 0) is 30.5 Å². The Labute approximate surface area is 232 Å². The first kappa shape index (κ1) is 17.5. The molecule has 5 N–H and O–H groups in total. The molecule has 5 rings (SSSR count). The number of hydrogen-bond donors (Lipinski definition) is 3. The van der Waals surface area contributed by atoms with E-state index in [0.29, 0.717) is 18.3 Å². The van der Waals surface area contributed by atoms with Crippen LogP contribution >= 0.6 is 0 Å². The van der Waals surface area contributed by atoms with Crippen LogP contribution in [0.2, 0.25) is 0 Å². The number of anilines is 2. The van der Waals surface area contributed by atoms with Gasteiger partial charge in [0.15, 0.2) is 23.0 Å². The molecule has 1 saturated heterocycles. The van der Waals surface area contributed by atoms with Crippen molar-refractivity contribution >= 4 is 22.7 Å². The largest absolute Gasteiger partial charge is 0.494 e. The summed E-state index contributed by atoms with van der Waals surface area (Å²) >= 11 is 0. The van der Waals surface area contributed by atoms with Gasteiger partial charge in [-0.3, -0.25) is 4.98 Å². The van der Waals surface area contributed by atoms with Gasteiger partial charge in [0.2, 0.25) is 0 Å². The number of methoxy groups -OCH3 is 1. The zero-order chi connectivity index (χ0) is 35.8. The summed E-state index contributed by atoms with van der Waals surface area (Å²) in [5.41, 5.74) is 6.25. The maximum atomic E-state index is 15.4. The molecule has 1 aromatic carbocycles. The minimum absolute atomic E-state index is 0.0696. The number of pyridine rings is 1. The molecule has 4 aromatic rings. The summed E-state index contributed by atoms with van der Waals surface area (Å²) in [5.74, 6) is -3.75. The lowest BCUT2D eigenvalue weighted by molar-refractivity contribution is -0.0529. The number of hydrogen-bond acceptors (Lipinski definition) is 9. The average molecular weight is 556 g/mol. The average Bonchev–Trinajstić information content (AvgIpc) is 3.42. The molecule has 39 heavy (non-hydrogen) atoms. The topological polar surface area (TPSA) is 141 Å². The van der Waals surface area contributed by atoms with Crippen molar-refractivity contribution < 1.29 is 39.7 Å². The number of nitrogens with zero attached hydrogens (tertiary/aromatic N) is 6. The molecule has 0 amide bonds. The van der Waals surface area contributed by atoms with E-state index in [9.17, 15) is 21.0 Å². The Morgan fingerprint density at radius 2 is 2.05 bits per heavy atom. The molecule has 0 bridgehead atoms. The number of aromatic nitrogens is 5. The van der Waals surface area contributed by atoms with Crippen molar-refractivity contribution in [2.75, 3.05) is 30.7 Å². The van der Waals surface area contributed by atoms with E-state index in [1.807, 2.05) is 0 Å². The zero-order valence-electron chi connectivity index (χ0n) is 28.7. The molecular weight excluding hydrogens is 520 g/mol. The molecule has 0 aliphatic carbocycles. The van der Waals surface area contributed by atoms with Crippen LogP contribution in [0.3, 0.4) is 0 Å². The van der Waals surface area contributed by atoms with Crippen LogP contribution < -0.4 is 21.1 Å². The van der Waals surface area contributed by atoms with Gasteiger partial charge in [0.05, 0.1) is 52.6 Å². The Bertz CT molecular complexity index is 1880. The van der Waals surface area contributed by atoms with E-state index in [0.717, 1.165) is 23.3 Å². The summed E-state index contributed by atoms with van der Waals surface area (Å²) in [6, 6.07) is 1.75. The second kappa shape index (κ2) is 10.3. The normalized spacial score (nSPS) is 25.3. The standard InChI is InChI=1S/C25H26F4N8O2/c1-39-19-7-15(26)14(6-16(19)27)17-5-13(9-37-12-35-20-23(30)33-11-34-24(20)37)18(8-32-17)36-4-2-3-25(31,10-36)21(38)22(28)29/h5-8,11-12,21-22,38H,2-4,9-10,31H2,1H3,(H2,30,33,34)/i1D3,4D2,9D2,10D2. The van der Waals surface area contributed by atoms with E-state index in [-0.39, 0.29) is 21.9 Å². The van der Waals surface area contributed by atoms with E-state index in [1.54, 1.807) is 0 Å². The van der Waals surface area contributed by atoms with Crippen molar-refractivity contribution in [2.45, 2.75) is 37.4 Å². The summed E-state index contributed by atoms with van der Waals surface area (Å²) in [7, 11) is -3.14. The first-order chi connectivity index (χ1) is 22.0. The molecular formula is C25H26F4N8O2. The van der Waals surface area contributed by atoms with Crippen LogP contribution in [-0.4, -0.2) is 67.7 Å². The number of fused-ring (bicyclic) bond motifs is 1. The quantitative estimate of drug-likeness (QED) is 0.294. The van der Waals surface area contributed by atoms with E-state index >= 15 is 4.39 Å².